The molecule has 0 saturated heterocycles. The Kier molecular flexibility index (Phi) is 3.48. The maximum atomic E-state index is 4.80. The van der Waals surface area contributed by atoms with Gasteiger partial charge in [-0.1, -0.05) is 13.5 Å². The van der Waals surface area contributed by atoms with E-state index in [0.717, 1.165) is 18.6 Å². The minimum absolute atomic E-state index is 0.877. The average Bonchev–Trinajstić information content (AvgIpc) is 1.68. The molecule has 0 N–H and O–H groups in total. The van der Waals surface area contributed by atoms with Gasteiger partial charge in [-0.15, -0.1) is 0 Å². The molecule has 0 heterocycles. The third-order valence-electron chi connectivity index (χ3n) is 0.818. The first-order valence-corrected chi connectivity index (χ1v) is 2.53. The smallest absolute Gasteiger partial charge is 0.0883 e. The van der Waals surface area contributed by atoms with Crippen molar-refractivity contribution in [1.82, 2.24) is 0 Å². The van der Waals surface area contributed by atoms with Crippen molar-refractivity contribution in [2.75, 3.05) is 7.11 Å². The zero-order valence-corrected chi connectivity index (χ0v) is 5.03. The van der Waals surface area contributed by atoms with Crippen LogP contribution in [0, 0.1) is 0 Å². The number of methoxy groups -OCH3 is 1. The van der Waals surface area contributed by atoms with Gasteiger partial charge in [0.2, 0.25) is 0 Å². The van der Waals surface area contributed by atoms with Gasteiger partial charge < -0.3 is 4.74 Å². The summed E-state index contributed by atoms with van der Waals surface area (Å²) in [6.45, 7) is 5.74. The highest BCUT2D eigenvalue weighted by atomic mass is 16.5. The summed E-state index contributed by atoms with van der Waals surface area (Å²) in [5.74, 6) is 0.877. The Balaban J connectivity index is 3.00. The molecule has 0 spiro atoms. The summed E-state index contributed by atoms with van der Waals surface area (Å²) in [7, 11) is 1.65. The maximum Gasteiger partial charge on any atom is 0.0883 e. The van der Waals surface area contributed by atoms with E-state index in [9.17, 15) is 0 Å². The zero-order valence-electron chi connectivity index (χ0n) is 5.03. The Bertz CT molecular complexity index is 57.2. The van der Waals surface area contributed by atoms with Crippen molar-refractivity contribution in [2.24, 2.45) is 0 Å². The van der Waals surface area contributed by atoms with Crippen LogP contribution in [0.25, 0.3) is 0 Å². The van der Waals surface area contributed by atoms with Gasteiger partial charge in [0.05, 0.1) is 12.9 Å². The van der Waals surface area contributed by atoms with Gasteiger partial charge in [0.25, 0.3) is 0 Å². The molecule has 0 amide bonds. The van der Waals surface area contributed by atoms with Crippen LogP contribution in [0.15, 0.2) is 12.3 Å². The first-order valence-electron chi connectivity index (χ1n) is 2.53. The minimum Gasteiger partial charge on any atom is -0.502 e. The van der Waals surface area contributed by atoms with E-state index in [2.05, 4.69) is 13.5 Å². The molecule has 1 heteroatoms. The van der Waals surface area contributed by atoms with Gasteiger partial charge in [-0.2, -0.15) is 0 Å². The quantitative estimate of drug-likeness (QED) is 0.492. The highest BCUT2D eigenvalue weighted by Gasteiger charge is 1.84. The van der Waals surface area contributed by atoms with Crippen molar-refractivity contribution < 1.29 is 4.74 Å². The van der Waals surface area contributed by atoms with Gasteiger partial charge in [-0.25, -0.2) is 0 Å². The summed E-state index contributed by atoms with van der Waals surface area (Å²) in [6.07, 6.45) is 2.10. The molecular formula is C6H12O. The van der Waals surface area contributed by atoms with E-state index >= 15 is 0 Å². The van der Waals surface area contributed by atoms with Crippen LogP contribution in [-0.2, 0) is 4.74 Å². The van der Waals surface area contributed by atoms with Crippen LogP contribution in [0.4, 0.5) is 0 Å². The van der Waals surface area contributed by atoms with Crippen LogP contribution in [0.1, 0.15) is 19.8 Å². The third-order valence-corrected chi connectivity index (χ3v) is 0.818. The highest BCUT2D eigenvalue weighted by molar-refractivity contribution is 4.79. The molecule has 0 aliphatic rings. The fourth-order valence-electron chi connectivity index (χ4n) is 0.381. The summed E-state index contributed by atoms with van der Waals surface area (Å²) in [6, 6.07) is 0. The lowest BCUT2D eigenvalue weighted by molar-refractivity contribution is 0.278. The standard InChI is InChI=1S/C6H12O/c1-4-5-6(2)7-3/h2,4-5H2,1,3H3. The van der Waals surface area contributed by atoms with E-state index in [-0.39, 0.29) is 0 Å². The van der Waals surface area contributed by atoms with E-state index in [4.69, 9.17) is 4.74 Å². The molecule has 7 heavy (non-hydrogen) atoms. The summed E-state index contributed by atoms with van der Waals surface area (Å²) in [5, 5.41) is 0. The van der Waals surface area contributed by atoms with Gasteiger partial charge >= 0.3 is 0 Å². The van der Waals surface area contributed by atoms with Gasteiger partial charge in [0, 0.05) is 6.42 Å². The molecule has 1 nitrogen and oxygen atoms in total. The third kappa shape index (κ3) is 3.37. The van der Waals surface area contributed by atoms with E-state index < -0.39 is 0 Å². The van der Waals surface area contributed by atoms with E-state index in [0.29, 0.717) is 0 Å². The second-order valence-corrected chi connectivity index (χ2v) is 1.49. The van der Waals surface area contributed by atoms with Crippen LogP contribution in [-0.4, -0.2) is 7.11 Å². The fraction of sp³-hybridized carbons (Fsp3) is 0.667. The summed E-state index contributed by atoms with van der Waals surface area (Å²) >= 11 is 0. The molecule has 0 rings (SSSR count). The Morgan fingerprint density at radius 3 is 2.43 bits per heavy atom. The molecule has 0 radical (unpaired) electrons. The number of hydrogen-bond acceptors (Lipinski definition) is 1. The number of allylic oxidation sites excluding steroid dienone is 1. The molecule has 0 aromatic heterocycles. The monoisotopic (exact) mass is 100 g/mol. The first kappa shape index (κ1) is 6.54. The van der Waals surface area contributed by atoms with Crippen molar-refractivity contribution >= 4 is 0 Å². The topological polar surface area (TPSA) is 9.23 Å². The number of ether oxygens (including phenoxy) is 1. The van der Waals surface area contributed by atoms with Crippen molar-refractivity contribution in [1.29, 1.82) is 0 Å². The molecule has 0 aliphatic carbocycles. The van der Waals surface area contributed by atoms with E-state index in [1.807, 2.05) is 0 Å². The predicted octanol–water partition coefficient (Wildman–Crippen LogP) is 1.95. The van der Waals surface area contributed by atoms with Crippen molar-refractivity contribution in [3.8, 4) is 0 Å². The summed E-state index contributed by atoms with van der Waals surface area (Å²) in [5.41, 5.74) is 0. The average molecular weight is 100 g/mol. The predicted molar refractivity (Wildman–Crippen MR) is 31.1 cm³/mol. The van der Waals surface area contributed by atoms with Crippen LogP contribution >= 0.6 is 0 Å². The lowest BCUT2D eigenvalue weighted by atomic mass is 10.3. The van der Waals surface area contributed by atoms with Crippen LogP contribution in [0.5, 0.6) is 0 Å². The molecular weight excluding hydrogens is 88.1 g/mol. The molecule has 0 bridgehead atoms. The summed E-state index contributed by atoms with van der Waals surface area (Å²) in [4.78, 5) is 0. The van der Waals surface area contributed by atoms with Gasteiger partial charge in [-0.05, 0) is 6.42 Å². The molecule has 0 atom stereocenters. The van der Waals surface area contributed by atoms with Crippen molar-refractivity contribution in [3.05, 3.63) is 12.3 Å². The normalized spacial score (nSPS) is 8.29. The van der Waals surface area contributed by atoms with Gasteiger partial charge in [0.1, 0.15) is 0 Å². The zero-order chi connectivity index (χ0) is 5.70. The van der Waals surface area contributed by atoms with Crippen LogP contribution < -0.4 is 0 Å². The fourth-order valence-corrected chi connectivity index (χ4v) is 0.381. The molecule has 0 aliphatic heterocycles. The van der Waals surface area contributed by atoms with Crippen molar-refractivity contribution in [3.63, 3.8) is 0 Å². The molecule has 0 unspecified atom stereocenters. The molecule has 0 aromatic carbocycles. The number of rotatable bonds is 3. The molecule has 0 saturated carbocycles. The van der Waals surface area contributed by atoms with Gasteiger partial charge in [-0.3, -0.25) is 0 Å². The SMILES string of the molecule is C=C(CCC)OC. The van der Waals surface area contributed by atoms with Crippen LogP contribution in [0.2, 0.25) is 0 Å². The minimum atomic E-state index is 0.877. The second kappa shape index (κ2) is 3.72. The Morgan fingerprint density at radius 1 is 1.71 bits per heavy atom. The maximum absolute atomic E-state index is 4.80. The lowest BCUT2D eigenvalue weighted by Gasteiger charge is -1.97. The van der Waals surface area contributed by atoms with Crippen molar-refractivity contribution in [2.45, 2.75) is 19.8 Å². The highest BCUT2D eigenvalue weighted by Crippen LogP contribution is 1.99. The van der Waals surface area contributed by atoms with E-state index in [1.165, 1.54) is 0 Å². The Labute approximate surface area is 45.0 Å². The van der Waals surface area contributed by atoms with E-state index in [1.54, 1.807) is 7.11 Å². The Hall–Kier alpha value is -0.460. The largest absolute Gasteiger partial charge is 0.502 e. The molecule has 0 fully saturated rings. The Morgan fingerprint density at radius 2 is 2.29 bits per heavy atom. The first-order chi connectivity index (χ1) is 3.31. The molecule has 42 valence electrons. The van der Waals surface area contributed by atoms with Gasteiger partial charge in [0.15, 0.2) is 0 Å². The summed E-state index contributed by atoms with van der Waals surface area (Å²) < 4.78 is 4.80. The molecule has 0 aromatic rings. The van der Waals surface area contributed by atoms with Crippen LogP contribution in [0.3, 0.4) is 0 Å². The second-order valence-electron chi connectivity index (χ2n) is 1.49. The number of hydrogen-bond donors (Lipinski definition) is 0. The lowest BCUT2D eigenvalue weighted by Crippen LogP contribution is -1.80.